The normalized spacial score (nSPS) is 10.8. The van der Waals surface area contributed by atoms with E-state index in [9.17, 15) is 4.79 Å². The van der Waals surface area contributed by atoms with Gasteiger partial charge < -0.3 is 9.15 Å². The van der Waals surface area contributed by atoms with Crippen LogP contribution in [-0.4, -0.2) is 22.5 Å². The van der Waals surface area contributed by atoms with Crippen LogP contribution in [0.25, 0.3) is 22.6 Å². The number of halogens is 1. The zero-order valence-corrected chi connectivity index (χ0v) is 11.9. The highest BCUT2D eigenvalue weighted by atomic mass is 35.5. The van der Waals surface area contributed by atoms with Crippen molar-refractivity contribution in [3.05, 3.63) is 47.2 Å². The molecular weight excluding hydrogens is 292 g/mol. The van der Waals surface area contributed by atoms with Gasteiger partial charge in [0.25, 0.3) is 0 Å². The first-order chi connectivity index (χ1) is 10.2. The number of rotatable bonds is 3. The Morgan fingerprint density at radius 3 is 2.90 bits per heavy atom. The fraction of sp³-hybridized carbons (Fsp3) is 0.133. The predicted octanol–water partition coefficient (Wildman–Crippen LogP) is 3.72. The summed E-state index contributed by atoms with van der Waals surface area (Å²) in [4.78, 5) is 20.0. The lowest BCUT2D eigenvalue weighted by Gasteiger charge is -2.00. The van der Waals surface area contributed by atoms with Crippen LogP contribution in [0.3, 0.4) is 0 Å². The summed E-state index contributed by atoms with van der Waals surface area (Å²) in [5.41, 5.74) is 2.34. The van der Waals surface area contributed by atoms with Crippen LogP contribution in [-0.2, 0) is 4.74 Å². The molecule has 0 atom stereocenters. The summed E-state index contributed by atoms with van der Waals surface area (Å²) >= 11 is 5.75. The summed E-state index contributed by atoms with van der Waals surface area (Å²) in [6, 6.07) is 8.42. The summed E-state index contributed by atoms with van der Waals surface area (Å²) in [5.74, 6) is 0.0484. The van der Waals surface area contributed by atoms with Gasteiger partial charge in [-0.05, 0) is 37.3 Å². The Balaban J connectivity index is 2.00. The Kier molecular flexibility index (Phi) is 3.58. The van der Waals surface area contributed by atoms with Crippen molar-refractivity contribution in [3.8, 4) is 11.5 Å². The number of ether oxygens (including phenoxy) is 1. The van der Waals surface area contributed by atoms with Crippen LogP contribution in [0.5, 0.6) is 0 Å². The molecule has 0 bridgehead atoms. The van der Waals surface area contributed by atoms with Gasteiger partial charge in [0.1, 0.15) is 10.7 Å². The van der Waals surface area contributed by atoms with Crippen LogP contribution in [0.1, 0.15) is 17.3 Å². The van der Waals surface area contributed by atoms with Gasteiger partial charge in [0.2, 0.25) is 5.89 Å². The Morgan fingerprint density at radius 2 is 2.19 bits per heavy atom. The van der Waals surface area contributed by atoms with Crippen molar-refractivity contribution in [2.45, 2.75) is 6.92 Å². The number of fused-ring (bicyclic) bond motifs is 1. The minimum Gasteiger partial charge on any atom is -0.462 e. The first kappa shape index (κ1) is 13.6. The van der Waals surface area contributed by atoms with Gasteiger partial charge in [-0.1, -0.05) is 11.6 Å². The van der Waals surface area contributed by atoms with Crippen molar-refractivity contribution in [2.24, 2.45) is 0 Å². The fourth-order valence-electron chi connectivity index (χ4n) is 1.89. The van der Waals surface area contributed by atoms with Crippen molar-refractivity contribution in [1.29, 1.82) is 0 Å². The molecule has 0 radical (unpaired) electrons. The number of hydrogen-bond acceptors (Lipinski definition) is 5. The van der Waals surface area contributed by atoms with Gasteiger partial charge in [-0.3, -0.25) is 0 Å². The number of oxazole rings is 1. The molecule has 106 valence electrons. The molecule has 0 aliphatic carbocycles. The van der Waals surface area contributed by atoms with E-state index in [1.165, 1.54) is 0 Å². The second kappa shape index (κ2) is 5.54. The van der Waals surface area contributed by atoms with Crippen molar-refractivity contribution in [3.63, 3.8) is 0 Å². The average molecular weight is 303 g/mol. The van der Waals surface area contributed by atoms with E-state index in [0.29, 0.717) is 39.9 Å². The number of benzene rings is 1. The van der Waals surface area contributed by atoms with Gasteiger partial charge in [0.05, 0.1) is 17.7 Å². The van der Waals surface area contributed by atoms with E-state index in [4.69, 9.17) is 20.8 Å². The van der Waals surface area contributed by atoms with Crippen LogP contribution >= 0.6 is 11.6 Å². The largest absolute Gasteiger partial charge is 0.462 e. The monoisotopic (exact) mass is 302 g/mol. The Hall–Kier alpha value is -2.40. The second-order valence-electron chi connectivity index (χ2n) is 4.29. The molecule has 1 aromatic carbocycles. The third kappa shape index (κ3) is 2.73. The van der Waals surface area contributed by atoms with Crippen molar-refractivity contribution >= 4 is 28.7 Å². The number of carbonyl (C=O) groups excluding carboxylic acids is 1. The molecule has 3 rings (SSSR count). The van der Waals surface area contributed by atoms with Crippen LogP contribution in [0.2, 0.25) is 5.15 Å². The van der Waals surface area contributed by atoms with E-state index in [1.807, 2.05) is 0 Å². The molecular formula is C15H11ClN2O3. The SMILES string of the molecule is CCOC(=O)c1ccc2oc(-c3ccc(Cl)nc3)nc2c1. The lowest BCUT2D eigenvalue weighted by molar-refractivity contribution is 0.0526. The van der Waals surface area contributed by atoms with E-state index in [0.717, 1.165) is 0 Å². The maximum Gasteiger partial charge on any atom is 0.338 e. The van der Waals surface area contributed by atoms with Gasteiger partial charge in [-0.2, -0.15) is 0 Å². The third-order valence-electron chi connectivity index (χ3n) is 2.87. The molecule has 0 aliphatic rings. The van der Waals surface area contributed by atoms with Gasteiger partial charge in [-0.25, -0.2) is 14.8 Å². The van der Waals surface area contributed by atoms with Crippen molar-refractivity contribution in [1.82, 2.24) is 9.97 Å². The molecule has 2 heterocycles. The Labute approximate surface area is 125 Å². The summed E-state index contributed by atoms with van der Waals surface area (Å²) in [6.45, 7) is 2.09. The summed E-state index contributed by atoms with van der Waals surface area (Å²) in [5, 5.41) is 0.402. The zero-order valence-electron chi connectivity index (χ0n) is 11.2. The lowest BCUT2D eigenvalue weighted by Crippen LogP contribution is -2.03. The topological polar surface area (TPSA) is 65.2 Å². The highest BCUT2D eigenvalue weighted by Crippen LogP contribution is 2.25. The fourth-order valence-corrected chi connectivity index (χ4v) is 2.01. The van der Waals surface area contributed by atoms with Gasteiger partial charge >= 0.3 is 5.97 Å². The third-order valence-corrected chi connectivity index (χ3v) is 3.10. The molecule has 0 aliphatic heterocycles. The number of aromatic nitrogens is 2. The van der Waals surface area contributed by atoms with E-state index in [2.05, 4.69) is 9.97 Å². The molecule has 0 N–H and O–H groups in total. The Morgan fingerprint density at radius 1 is 1.33 bits per heavy atom. The highest BCUT2D eigenvalue weighted by Gasteiger charge is 2.12. The maximum absolute atomic E-state index is 11.7. The van der Waals surface area contributed by atoms with E-state index < -0.39 is 0 Å². The molecule has 0 amide bonds. The highest BCUT2D eigenvalue weighted by molar-refractivity contribution is 6.29. The molecule has 0 saturated heterocycles. The number of esters is 1. The van der Waals surface area contributed by atoms with Crippen molar-refractivity contribution < 1.29 is 13.9 Å². The molecule has 6 heteroatoms. The van der Waals surface area contributed by atoms with Gasteiger partial charge in [0.15, 0.2) is 5.58 Å². The molecule has 0 saturated carbocycles. The zero-order chi connectivity index (χ0) is 14.8. The van der Waals surface area contributed by atoms with Crippen LogP contribution in [0.15, 0.2) is 40.9 Å². The number of carbonyl (C=O) groups is 1. The average Bonchev–Trinajstić information content (AvgIpc) is 2.91. The number of pyridine rings is 1. The van der Waals surface area contributed by atoms with Crippen LogP contribution in [0, 0.1) is 0 Å². The van der Waals surface area contributed by atoms with Gasteiger partial charge in [0, 0.05) is 6.20 Å². The minimum atomic E-state index is -0.378. The molecule has 21 heavy (non-hydrogen) atoms. The molecule has 0 fully saturated rings. The van der Waals surface area contributed by atoms with Crippen LogP contribution in [0.4, 0.5) is 0 Å². The standard InChI is InChI=1S/C15H11ClN2O3/c1-2-20-15(19)9-3-5-12-11(7-9)18-14(21-12)10-4-6-13(16)17-8-10/h3-8H,2H2,1H3. The maximum atomic E-state index is 11.7. The minimum absolute atomic E-state index is 0.331. The van der Waals surface area contributed by atoms with Crippen molar-refractivity contribution in [2.75, 3.05) is 6.61 Å². The first-order valence-electron chi connectivity index (χ1n) is 6.37. The molecule has 3 aromatic rings. The number of nitrogens with zero attached hydrogens (tertiary/aromatic N) is 2. The molecule has 2 aromatic heterocycles. The molecule has 5 nitrogen and oxygen atoms in total. The van der Waals surface area contributed by atoms with E-state index >= 15 is 0 Å². The predicted molar refractivity (Wildman–Crippen MR) is 78.2 cm³/mol. The quantitative estimate of drug-likeness (QED) is 0.545. The summed E-state index contributed by atoms with van der Waals surface area (Å²) in [6.07, 6.45) is 1.58. The second-order valence-corrected chi connectivity index (χ2v) is 4.68. The Bertz CT molecular complexity index is 796. The summed E-state index contributed by atoms with van der Waals surface area (Å²) < 4.78 is 10.6. The number of hydrogen-bond donors (Lipinski definition) is 0. The van der Waals surface area contributed by atoms with Gasteiger partial charge in [-0.15, -0.1) is 0 Å². The molecule has 0 spiro atoms. The van der Waals surface area contributed by atoms with E-state index in [1.54, 1.807) is 43.5 Å². The lowest BCUT2D eigenvalue weighted by atomic mass is 10.2. The van der Waals surface area contributed by atoms with Crippen LogP contribution < -0.4 is 0 Å². The smallest absolute Gasteiger partial charge is 0.338 e. The molecule has 0 unspecified atom stereocenters. The van der Waals surface area contributed by atoms with E-state index in [-0.39, 0.29) is 5.97 Å². The summed E-state index contributed by atoms with van der Waals surface area (Å²) in [7, 11) is 0. The first-order valence-corrected chi connectivity index (χ1v) is 6.75.